The second-order valence-corrected chi connectivity index (χ2v) is 4.81. The highest BCUT2D eigenvalue weighted by molar-refractivity contribution is 6.42. The molecule has 0 radical (unpaired) electrons. The number of hydrogen-bond acceptors (Lipinski definition) is 1. The lowest BCUT2D eigenvalue weighted by molar-refractivity contribution is 0.509. The smallest absolute Gasteiger partial charge is 0.159 e. The zero-order valence-electron chi connectivity index (χ0n) is 9.35. The molecule has 3 aromatic rings. The highest BCUT2D eigenvalue weighted by Gasteiger charge is 2.10. The average molecular weight is 299 g/mol. The minimum absolute atomic E-state index is 0.387. The quantitative estimate of drug-likeness (QED) is 0.686. The number of rotatable bonds is 1. The summed E-state index contributed by atoms with van der Waals surface area (Å²) in [5.41, 5.74) is 1.73. The van der Waals surface area contributed by atoms with Gasteiger partial charge in [-0.15, -0.1) is 0 Å². The number of H-pyrrole nitrogens is 1. The standard InChI is InChI=1S/C13H6Cl2F2N2/c14-7-4-11-12(5-8(7)15)19-13(18-11)6-1-2-9(16)10(17)3-6/h1-5H,(H,18,19). The van der Waals surface area contributed by atoms with E-state index in [0.29, 0.717) is 32.5 Å². The van der Waals surface area contributed by atoms with Gasteiger partial charge in [0.05, 0.1) is 21.1 Å². The first-order valence-electron chi connectivity index (χ1n) is 5.35. The van der Waals surface area contributed by atoms with Crippen molar-refractivity contribution in [1.82, 2.24) is 9.97 Å². The topological polar surface area (TPSA) is 28.7 Å². The van der Waals surface area contributed by atoms with Crippen LogP contribution in [0.5, 0.6) is 0 Å². The van der Waals surface area contributed by atoms with Gasteiger partial charge < -0.3 is 4.98 Å². The molecule has 0 aliphatic heterocycles. The molecule has 1 heterocycles. The number of benzene rings is 2. The zero-order valence-corrected chi connectivity index (χ0v) is 10.9. The largest absolute Gasteiger partial charge is 0.338 e. The van der Waals surface area contributed by atoms with Gasteiger partial charge in [0.25, 0.3) is 0 Å². The number of halogens is 4. The van der Waals surface area contributed by atoms with Crippen LogP contribution in [-0.2, 0) is 0 Å². The van der Waals surface area contributed by atoms with Crippen molar-refractivity contribution in [2.24, 2.45) is 0 Å². The van der Waals surface area contributed by atoms with E-state index in [9.17, 15) is 8.78 Å². The molecule has 0 spiro atoms. The predicted molar refractivity (Wildman–Crippen MR) is 71.5 cm³/mol. The number of aromatic nitrogens is 2. The van der Waals surface area contributed by atoms with Crippen LogP contribution in [0.25, 0.3) is 22.4 Å². The predicted octanol–water partition coefficient (Wildman–Crippen LogP) is 4.81. The van der Waals surface area contributed by atoms with Crippen molar-refractivity contribution in [2.75, 3.05) is 0 Å². The average Bonchev–Trinajstić information content (AvgIpc) is 2.76. The minimum atomic E-state index is -0.922. The molecule has 1 N–H and O–H groups in total. The van der Waals surface area contributed by atoms with Gasteiger partial charge in [0.1, 0.15) is 5.82 Å². The fourth-order valence-electron chi connectivity index (χ4n) is 1.79. The molecular weight excluding hydrogens is 293 g/mol. The van der Waals surface area contributed by atoms with Gasteiger partial charge in [0.15, 0.2) is 11.6 Å². The van der Waals surface area contributed by atoms with Crippen molar-refractivity contribution in [3.05, 3.63) is 52.0 Å². The monoisotopic (exact) mass is 298 g/mol. The highest BCUT2D eigenvalue weighted by atomic mass is 35.5. The van der Waals surface area contributed by atoms with Crippen molar-refractivity contribution in [3.8, 4) is 11.4 Å². The second kappa shape index (κ2) is 4.47. The van der Waals surface area contributed by atoms with Gasteiger partial charge in [-0.05, 0) is 30.3 Å². The van der Waals surface area contributed by atoms with Gasteiger partial charge in [-0.3, -0.25) is 0 Å². The SMILES string of the molecule is Fc1ccc(-c2nc3cc(Cl)c(Cl)cc3[nH]2)cc1F. The Kier molecular flexibility index (Phi) is 2.92. The fraction of sp³-hybridized carbons (Fsp3) is 0. The summed E-state index contributed by atoms with van der Waals surface area (Å²) in [6.45, 7) is 0. The number of nitrogens with one attached hydrogen (secondary N) is 1. The van der Waals surface area contributed by atoms with E-state index < -0.39 is 11.6 Å². The second-order valence-electron chi connectivity index (χ2n) is 4.00. The maximum absolute atomic E-state index is 13.2. The molecule has 1 aromatic heterocycles. The van der Waals surface area contributed by atoms with Crippen molar-refractivity contribution in [2.45, 2.75) is 0 Å². The lowest BCUT2D eigenvalue weighted by atomic mass is 10.2. The summed E-state index contributed by atoms with van der Waals surface area (Å²) in [5.74, 6) is -1.40. The molecule has 0 amide bonds. The molecule has 2 aromatic carbocycles. The summed E-state index contributed by atoms with van der Waals surface area (Å²) in [7, 11) is 0. The van der Waals surface area contributed by atoms with Crippen LogP contribution in [0.2, 0.25) is 10.0 Å². The molecule has 0 aliphatic carbocycles. The number of fused-ring (bicyclic) bond motifs is 1. The fourth-order valence-corrected chi connectivity index (χ4v) is 2.11. The van der Waals surface area contributed by atoms with E-state index in [0.717, 1.165) is 12.1 Å². The molecule has 0 bridgehead atoms. The third-order valence-electron chi connectivity index (χ3n) is 2.72. The third kappa shape index (κ3) is 2.17. The Balaban J connectivity index is 2.17. The Morgan fingerprint density at radius 1 is 0.947 bits per heavy atom. The summed E-state index contributed by atoms with van der Waals surface area (Å²) in [6, 6.07) is 6.82. The Labute approximate surface area is 117 Å². The van der Waals surface area contributed by atoms with Crippen LogP contribution >= 0.6 is 23.2 Å². The van der Waals surface area contributed by atoms with Gasteiger partial charge >= 0.3 is 0 Å². The first-order chi connectivity index (χ1) is 9.04. The number of nitrogens with zero attached hydrogens (tertiary/aromatic N) is 1. The van der Waals surface area contributed by atoms with Crippen LogP contribution in [-0.4, -0.2) is 9.97 Å². The highest BCUT2D eigenvalue weighted by Crippen LogP contribution is 2.29. The first kappa shape index (κ1) is 12.4. The van der Waals surface area contributed by atoms with E-state index in [1.54, 1.807) is 12.1 Å². The molecule has 0 unspecified atom stereocenters. The van der Waals surface area contributed by atoms with Crippen molar-refractivity contribution in [1.29, 1.82) is 0 Å². The summed E-state index contributed by atoms with van der Waals surface area (Å²) < 4.78 is 26.1. The molecule has 0 fully saturated rings. The number of imidazole rings is 1. The number of hydrogen-bond donors (Lipinski definition) is 1. The van der Waals surface area contributed by atoms with E-state index in [1.165, 1.54) is 6.07 Å². The lowest BCUT2D eigenvalue weighted by Gasteiger charge is -1.97. The molecule has 96 valence electrons. The Hall–Kier alpha value is -1.65. The molecule has 0 atom stereocenters. The molecule has 0 saturated heterocycles. The zero-order chi connectivity index (χ0) is 13.6. The van der Waals surface area contributed by atoms with E-state index >= 15 is 0 Å². The summed E-state index contributed by atoms with van der Waals surface area (Å²) in [6.07, 6.45) is 0. The van der Waals surface area contributed by atoms with E-state index in [4.69, 9.17) is 23.2 Å². The summed E-state index contributed by atoms with van der Waals surface area (Å²) >= 11 is 11.8. The first-order valence-corrected chi connectivity index (χ1v) is 6.10. The number of aromatic amines is 1. The molecule has 6 heteroatoms. The molecule has 0 aliphatic rings. The van der Waals surface area contributed by atoms with E-state index in [1.807, 2.05) is 0 Å². The maximum Gasteiger partial charge on any atom is 0.159 e. The van der Waals surface area contributed by atoms with Crippen LogP contribution in [0.4, 0.5) is 8.78 Å². The Morgan fingerprint density at radius 2 is 1.68 bits per heavy atom. The molecule has 0 saturated carbocycles. The van der Waals surface area contributed by atoms with Gasteiger partial charge in [-0.25, -0.2) is 13.8 Å². The maximum atomic E-state index is 13.2. The van der Waals surface area contributed by atoms with E-state index in [-0.39, 0.29) is 0 Å². The molecule has 3 rings (SSSR count). The van der Waals surface area contributed by atoms with Crippen LogP contribution in [0.1, 0.15) is 0 Å². The minimum Gasteiger partial charge on any atom is -0.338 e. The van der Waals surface area contributed by atoms with Crippen LogP contribution in [0.3, 0.4) is 0 Å². The van der Waals surface area contributed by atoms with Crippen molar-refractivity contribution in [3.63, 3.8) is 0 Å². The third-order valence-corrected chi connectivity index (χ3v) is 3.44. The molecular formula is C13H6Cl2F2N2. The summed E-state index contributed by atoms with van der Waals surface area (Å²) in [4.78, 5) is 7.25. The normalized spacial score (nSPS) is 11.2. The lowest BCUT2D eigenvalue weighted by Crippen LogP contribution is -1.86. The van der Waals surface area contributed by atoms with Crippen LogP contribution < -0.4 is 0 Å². The Morgan fingerprint density at radius 3 is 2.42 bits per heavy atom. The molecule has 2 nitrogen and oxygen atoms in total. The molecule has 19 heavy (non-hydrogen) atoms. The van der Waals surface area contributed by atoms with Gasteiger partial charge in [0.2, 0.25) is 0 Å². The van der Waals surface area contributed by atoms with Gasteiger partial charge in [-0.2, -0.15) is 0 Å². The van der Waals surface area contributed by atoms with Gasteiger partial charge in [0, 0.05) is 5.56 Å². The summed E-state index contributed by atoms with van der Waals surface area (Å²) in [5, 5.41) is 0.784. The van der Waals surface area contributed by atoms with Crippen molar-refractivity contribution < 1.29 is 8.78 Å². The van der Waals surface area contributed by atoms with E-state index in [2.05, 4.69) is 9.97 Å². The van der Waals surface area contributed by atoms with Crippen molar-refractivity contribution >= 4 is 34.2 Å². The van der Waals surface area contributed by atoms with Gasteiger partial charge in [-0.1, -0.05) is 23.2 Å². The Bertz CT molecular complexity index is 745. The van der Waals surface area contributed by atoms with Crippen LogP contribution in [0, 0.1) is 11.6 Å². The van der Waals surface area contributed by atoms with Crippen LogP contribution in [0.15, 0.2) is 30.3 Å².